The zero-order valence-electron chi connectivity index (χ0n) is 20.3. The van der Waals surface area contributed by atoms with Gasteiger partial charge >= 0.3 is 0 Å². The maximum atomic E-state index is 12.8. The third-order valence-corrected chi connectivity index (χ3v) is 7.73. The first-order valence-corrected chi connectivity index (χ1v) is 13.2. The lowest BCUT2D eigenvalue weighted by Crippen LogP contribution is -2.39. The van der Waals surface area contributed by atoms with Gasteiger partial charge in [0.05, 0.1) is 23.6 Å². The van der Waals surface area contributed by atoms with Crippen LogP contribution in [0.1, 0.15) is 35.3 Å². The fraction of sp³-hybridized carbons (Fsp3) is 0.357. The van der Waals surface area contributed by atoms with Gasteiger partial charge in [0, 0.05) is 17.6 Å². The van der Waals surface area contributed by atoms with Gasteiger partial charge in [0.25, 0.3) is 0 Å². The van der Waals surface area contributed by atoms with E-state index in [-0.39, 0.29) is 5.78 Å². The molecule has 0 radical (unpaired) electrons. The minimum atomic E-state index is -0.772. The number of imidazole rings is 1. The molecular weight excluding hydrogens is 470 g/mol. The molecular formula is C28H29N5O2S. The minimum Gasteiger partial charge on any atom is -0.486 e. The van der Waals surface area contributed by atoms with E-state index in [4.69, 9.17) is 9.72 Å². The fourth-order valence-corrected chi connectivity index (χ4v) is 5.63. The van der Waals surface area contributed by atoms with Crippen molar-refractivity contribution in [2.75, 3.05) is 19.6 Å². The number of thiazole rings is 1. The zero-order valence-corrected chi connectivity index (χ0v) is 21.2. The molecule has 1 fully saturated rings. The molecule has 8 heteroatoms. The molecule has 2 aromatic heterocycles. The SMILES string of the molecule is Cc1csc(C(C#N)C(=O)CN2CCC(Cn3c(COc4ccccc4)nc4ccccc43)CC2)n1. The second-order valence-electron chi connectivity index (χ2n) is 9.30. The molecule has 0 saturated carbocycles. The Hall–Kier alpha value is -3.54. The molecule has 3 heterocycles. The number of likely N-dealkylation sites (tertiary alicyclic amines) is 1. The number of ketones is 1. The Labute approximate surface area is 215 Å². The maximum absolute atomic E-state index is 12.8. The van der Waals surface area contributed by atoms with E-state index in [2.05, 4.69) is 26.6 Å². The van der Waals surface area contributed by atoms with Gasteiger partial charge in [-0.3, -0.25) is 9.69 Å². The summed E-state index contributed by atoms with van der Waals surface area (Å²) in [6.45, 7) is 5.15. The van der Waals surface area contributed by atoms with Crippen LogP contribution in [-0.2, 0) is 17.9 Å². The number of carbonyl (C=O) groups is 1. The van der Waals surface area contributed by atoms with Crippen LogP contribution in [0, 0.1) is 24.2 Å². The second-order valence-corrected chi connectivity index (χ2v) is 10.2. The summed E-state index contributed by atoms with van der Waals surface area (Å²) < 4.78 is 8.32. The summed E-state index contributed by atoms with van der Waals surface area (Å²) in [6, 6.07) is 20.2. The highest BCUT2D eigenvalue weighted by Crippen LogP contribution is 2.26. The van der Waals surface area contributed by atoms with Gasteiger partial charge in [-0.1, -0.05) is 30.3 Å². The quantitative estimate of drug-likeness (QED) is 0.323. The molecule has 0 amide bonds. The van der Waals surface area contributed by atoms with E-state index in [9.17, 15) is 10.1 Å². The second kappa shape index (κ2) is 11.0. The number of hydrogen-bond donors (Lipinski definition) is 0. The van der Waals surface area contributed by atoms with Gasteiger partial charge in [0.2, 0.25) is 0 Å². The number of ether oxygens (including phenoxy) is 1. The van der Waals surface area contributed by atoms with Gasteiger partial charge in [0.1, 0.15) is 23.2 Å². The highest BCUT2D eigenvalue weighted by atomic mass is 32.1. The molecule has 7 nitrogen and oxygen atoms in total. The monoisotopic (exact) mass is 499 g/mol. The van der Waals surface area contributed by atoms with Gasteiger partial charge in [-0.05, 0) is 63.0 Å². The Bertz CT molecular complexity index is 1370. The van der Waals surface area contributed by atoms with Crippen molar-refractivity contribution in [2.24, 2.45) is 5.92 Å². The molecule has 1 unspecified atom stereocenters. The molecule has 0 N–H and O–H groups in total. The summed E-state index contributed by atoms with van der Waals surface area (Å²) in [6.07, 6.45) is 1.98. The van der Waals surface area contributed by atoms with Gasteiger partial charge < -0.3 is 9.30 Å². The Morgan fingerprint density at radius 1 is 1.14 bits per heavy atom. The van der Waals surface area contributed by atoms with Crippen LogP contribution in [0.5, 0.6) is 5.75 Å². The average molecular weight is 500 g/mol. The predicted octanol–water partition coefficient (Wildman–Crippen LogP) is 4.97. The number of rotatable bonds is 9. The Kier molecular flexibility index (Phi) is 7.40. The molecule has 0 aliphatic carbocycles. The van der Waals surface area contributed by atoms with Crippen molar-refractivity contribution in [1.29, 1.82) is 5.26 Å². The van der Waals surface area contributed by atoms with Crippen LogP contribution in [0.25, 0.3) is 11.0 Å². The molecule has 1 saturated heterocycles. The Balaban J connectivity index is 1.21. The van der Waals surface area contributed by atoms with Gasteiger partial charge in [-0.25, -0.2) is 9.97 Å². The molecule has 1 aliphatic rings. The smallest absolute Gasteiger partial charge is 0.170 e. The number of Topliss-reactive ketones (excluding diaryl/α,β-unsaturated/α-hetero) is 1. The largest absolute Gasteiger partial charge is 0.486 e. The lowest BCUT2D eigenvalue weighted by molar-refractivity contribution is -0.120. The summed E-state index contributed by atoms with van der Waals surface area (Å²) in [5, 5.41) is 12.1. The van der Waals surface area contributed by atoms with E-state index < -0.39 is 5.92 Å². The van der Waals surface area contributed by atoms with Crippen molar-refractivity contribution >= 4 is 28.2 Å². The number of para-hydroxylation sites is 3. The van der Waals surface area contributed by atoms with Crippen LogP contribution in [0.2, 0.25) is 0 Å². The van der Waals surface area contributed by atoms with Crippen LogP contribution in [0.15, 0.2) is 60.0 Å². The van der Waals surface area contributed by atoms with Gasteiger partial charge in [-0.15, -0.1) is 11.3 Å². The van der Waals surface area contributed by atoms with Crippen molar-refractivity contribution < 1.29 is 9.53 Å². The number of carbonyl (C=O) groups excluding carboxylic acids is 1. The molecule has 2 aromatic carbocycles. The van der Waals surface area contributed by atoms with E-state index in [0.717, 1.165) is 60.8 Å². The number of fused-ring (bicyclic) bond motifs is 1. The maximum Gasteiger partial charge on any atom is 0.170 e. The van der Waals surface area contributed by atoms with Crippen LogP contribution in [0.4, 0.5) is 0 Å². The van der Waals surface area contributed by atoms with Crippen LogP contribution >= 0.6 is 11.3 Å². The first kappa shape index (κ1) is 24.2. The van der Waals surface area contributed by atoms with E-state index in [1.165, 1.54) is 11.3 Å². The molecule has 5 rings (SSSR count). The number of piperidine rings is 1. The highest BCUT2D eigenvalue weighted by molar-refractivity contribution is 7.09. The lowest BCUT2D eigenvalue weighted by Gasteiger charge is -2.32. The molecule has 0 bridgehead atoms. The number of hydrogen-bond acceptors (Lipinski definition) is 7. The van der Waals surface area contributed by atoms with Crippen LogP contribution in [0.3, 0.4) is 0 Å². The summed E-state index contributed by atoms with van der Waals surface area (Å²) in [5.41, 5.74) is 2.95. The molecule has 1 aliphatic heterocycles. The molecule has 0 spiro atoms. The molecule has 1 atom stereocenters. The number of aromatic nitrogens is 3. The fourth-order valence-electron chi connectivity index (χ4n) is 4.77. The molecule has 4 aromatic rings. The number of nitriles is 1. The van der Waals surface area contributed by atoms with Crippen LogP contribution < -0.4 is 4.74 Å². The van der Waals surface area contributed by atoms with Gasteiger partial charge in [0.15, 0.2) is 11.7 Å². The summed E-state index contributed by atoms with van der Waals surface area (Å²) in [7, 11) is 0. The van der Waals surface area contributed by atoms with E-state index in [0.29, 0.717) is 24.1 Å². The zero-order chi connectivity index (χ0) is 24.9. The third kappa shape index (κ3) is 5.48. The standard InChI is InChI=1S/C28H29N5O2S/c1-20-19-36-28(30-20)23(15-29)26(34)17-32-13-11-21(12-14-32)16-33-25-10-6-5-9-24(25)31-27(33)18-35-22-7-3-2-4-8-22/h2-10,19,21,23H,11-14,16-18H2,1H3. The van der Waals surface area contributed by atoms with Crippen LogP contribution in [-0.4, -0.2) is 44.9 Å². The minimum absolute atomic E-state index is 0.0637. The Morgan fingerprint density at radius 3 is 2.61 bits per heavy atom. The number of nitrogens with zero attached hydrogens (tertiary/aromatic N) is 5. The summed E-state index contributed by atoms with van der Waals surface area (Å²) in [5.74, 6) is 1.40. The van der Waals surface area contributed by atoms with E-state index in [1.54, 1.807) is 0 Å². The van der Waals surface area contributed by atoms with Crippen molar-refractivity contribution in [3.63, 3.8) is 0 Å². The molecule has 36 heavy (non-hydrogen) atoms. The normalized spacial score (nSPS) is 15.6. The molecule has 184 valence electrons. The summed E-state index contributed by atoms with van der Waals surface area (Å²) >= 11 is 1.39. The topological polar surface area (TPSA) is 84.0 Å². The number of benzene rings is 2. The first-order valence-electron chi connectivity index (χ1n) is 12.3. The summed E-state index contributed by atoms with van der Waals surface area (Å²) in [4.78, 5) is 24.2. The average Bonchev–Trinajstić information content (AvgIpc) is 3.48. The van der Waals surface area contributed by atoms with Gasteiger partial charge in [-0.2, -0.15) is 5.26 Å². The first-order chi connectivity index (χ1) is 17.6. The lowest BCUT2D eigenvalue weighted by atomic mass is 9.95. The van der Waals surface area contributed by atoms with E-state index >= 15 is 0 Å². The van der Waals surface area contributed by atoms with Crippen molar-refractivity contribution in [1.82, 2.24) is 19.4 Å². The predicted molar refractivity (Wildman–Crippen MR) is 140 cm³/mol. The highest BCUT2D eigenvalue weighted by Gasteiger charge is 2.28. The van der Waals surface area contributed by atoms with Crippen molar-refractivity contribution in [3.8, 4) is 11.8 Å². The Morgan fingerprint density at radius 2 is 1.89 bits per heavy atom. The van der Waals surface area contributed by atoms with Crippen molar-refractivity contribution in [3.05, 3.63) is 76.5 Å². The third-order valence-electron chi connectivity index (χ3n) is 6.71. The van der Waals surface area contributed by atoms with Crippen molar-refractivity contribution in [2.45, 2.75) is 38.8 Å². The van der Waals surface area contributed by atoms with E-state index in [1.807, 2.05) is 60.8 Å². The number of aryl methyl sites for hydroxylation is 1.